The number of hydrogen-bond donors (Lipinski definition) is 1. The monoisotopic (exact) mass is 277 g/mol. The van der Waals surface area contributed by atoms with Crippen LogP contribution in [-0.2, 0) is 20.0 Å². The van der Waals surface area contributed by atoms with Gasteiger partial charge in [-0.1, -0.05) is 30.7 Å². The molecule has 4 heteroatoms. The van der Waals surface area contributed by atoms with Crippen molar-refractivity contribution in [2.24, 2.45) is 7.05 Å². The highest BCUT2D eigenvalue weighted by atomic mass is 35.5. The summed E-state index contributed by atoms with van der Waals surface area (Å²) in [5.41, 5.74) is 3.53. The van der Waals surface area contributed by atoms with E-state index in [1.54, 1.807) is 0 Å². The number of halogens is 1. The minimum Gasteiger partial charge on any atom is -0.305 e. The molecule has 3 nitrogen and oxygen atoms in total. The Morgan fingerprint density at radius 2 is 2.16 bits per heavy atom. The van der Waals surface area contributed by atoms with Crippen molar-refractivity contribution in [3.63, 3.8) is 0 Å². The van der Waals surface area contributed by atoms with E-state index in [0.717, 1.165) is 23.7 Å². The molecule has 2 rings (SSSR count). The minimum atomic E-state index is 0.263. The Balaban J connectivity index is 2.00. The summed E-state index contributed by atoms with van der Waals surface area (Å²) in [5.74, 6) is 0. The molecule has 0 saturated heterocycles. The van der Waals surface area contributed by atoms with Crippen LogP contribution >= 0.6 is 11.6 Å². The lowest BCUT2D eigenvalue weighted by Gasteiger charge is -2.14. The van der Waals surface area contributed by atoms with E-state index in [2.05, 4.69) is 36.4 Å². The van der Waals surface area contributed by atoms with E-state index < -0.39 is 0 Å². The van der Waals surface area contributed by atoms with Gasteiger partial charge < -0.3 is 5.32 Å². The van der Waals surface area contributed by atoms with Crippen LogP contribution in [0.2, 0.25) is 5.02 Å². The molecule has 19 heavy (non-hydrogen) atoms. The Bertz CT molecular complexity index is 548. The maximum atomic E-state index is 6.01. The van der Waals surface area contributed by atoms with Gasteiger partial charge in [0.2, 0.25) is 0 Å². The van der Waals surface area contributed by atoms with Gasteiger partial charge >= 0.3 is 0 Å². The van der Waals surface area contributed by atoms with Crippen LogP contribution in [0.4, 0.5) is 0 Å². The van der Waals surface area contributed by atoms with E-state index in [9.17, 15) is 0 Å². The first-order valence-electron chi connectivity index (χ1n) is 6.60. The zero-order valence-corrected chi connectivity index (χ0v) is 12.4. The summed E-state index contributed by atoms with van der Waals surface area (Å²) in [4.78, 5) is 0. The number of aryl methyl sites for hydroxylation is 2. The van der Waals surface area contributed by atoms with Gasteiger partial charge in [0, 0.05) is 24.7 Å². The maximum absolute atomic E-state index is 6.01. The van der Waals surface area contributed by atoms with Crippen LogP contribution in [0.5, 0.6) is 0 Å². The molecule has 0 unspecified atom stereocenters. The van der Waals surface area contributed by atoms with Crippen molar-refractivity contribution < 1.29 is 0 Å². The van der Waals surface area contributed by atoms with Crippen LogP contribution in [0, 0.1) is 0 Å². The largest absolute Gasteiger partial charge is 0.305 e. The number of rotatable bonds is 5. The lowest BCUT2D eigenvalue weighted by molar-refractivity contribution is 0.548. The number of aromatic nitrogens is 2. The summed E-state index contributed by atoms with van der Waals surface area (Å²) in [6, 6.07) is 10.4. The van der Waals surface area contributed by atoms with Crippen LogP contribution in [0.3, 0.4) is 0 Å². The average Bonchev–Trinajstić information content (AvgIpc) is 2.76. The quantitative estimate of drug-likeness (QED) is 0.907. The van der Waals surface area contributed by atoms with Crippen molar-refractivity contribution in [3.05, 3.63) is 52.3 Å². The molecule has 0 spiro atoms. The molecule has 2 aromatic rings. The van der Waals surface area contributed by atoms with Gasteiger partial charge in [-0.15, -0.1) is 0 Å². The van der Waals surface area contributed by atoms with Crippen molar-refractivity contribution in [1.29, 1.82) is 0 Å². The van der Waals surface area contributed by atoms with Crippen molar-refractivity contribution >= 4 is 11.6 Å². The second-order valence-corrected chi connectivity index (χ2v) is 5.20. The zero-order chi connectivity index (χ0) is 13.8. The zero-order valence-electron chi connectivity index (χ0n) is 11.7. The molecule has 1 N–H and O–H groups in total. The van der Waals surface area contributed by atoms with Crippen LogP contribution in [0.15, 0.2) is 30.3 Å². The summed E-state index contributed by atoms with van der Waals surface area (Å²) in [6.07, 6.45) is 0.970. The third-order valence-electron chi connectivity index (χ3n) is 3.33. The van der Waals surface area contributed by atoms with Crippen LogP contribution in [0.25, 0.3) is 0 Å². The predicted octanol–water partition coefficient (Wildman–Crippen LogP) is 3.49. The molecule has 102 valence electrons. The smallest absolute Gasteiger partial charge is 0.0625 e. The van der Waals surface area contributed by atoms with Gasteiger partial charge in [-0.3, -0.25) is 4.68 Å². The number of hydrogen-bond acceptors (Lipinski definition) is 2. The van der Waals surface area contributed by atoms with Gasteiger partial charge in [-0.05, 0) is 37.1 Å². The van der Waals surface area contributed by atoms with Crippen molar-refractivity contribution in [1.82, 2.24) is 15.1 Å². The molecule has 1 aromatic carbocycles. The summed E-state index contributed by atoms with van der Waals surface area (Å²) >= 11 is 6.01. The van der Waals surface area contributed by atoms with E-state index in [0.29, 0.717) is 0 Å². The molecule has 0 saturated carbocycles. The summed E-state index contributed by atoms with van der Waals surface area (Å²) in [7, 11) is 1.99. The Labute approximate surface area is 119 Å². The van der Waals surface area contributed by atoms with Gasteiger partial charge in [0.15, 0.2) is 0 Å². The van der Waals surface area contributed by atoms with Gasteiger partial charge in [0.05, 0.1) is 11.4 Å². The number of nitrogens with zero attached hydrogens (tertiary/aromatic N) is 2. The molecule has 0 radical (unpaired) electrons. The summed E-state index contributed by atoms with van der Waals surface area (Å²) < 4.78 is 1.94. The van der Waals surface area contributed by atoms with Gasteiger partial charge in [-0.2, -0.15) is 5.10 Å². The Kier molecular flexibility index (Phi) is 4.61. The molecular weight excluding hydrogens is 258 g/mol. The second-order valence-electron chi connectivity index (χ2n) is 4.76. The standard InChI is InChI=1S/C15H20ClN3/c1-4-14-9-15(19(3)18-14)10-17-11(2)12-6-5-7-13(16)8-12/h5-9,11,17H,4,10H2,1-3H3/t11-/m0/s1. The van der Waals surface area contributed by atoms with Crippen LogP contribution in [-0.4, -0.2) is 9.78 Å². The second kappa shape index (κ2) is 6.22. The molecule has 0 amide bonds. The van der Waals surface area contributed by atoms with E-state index in [1.165, 1.54) is 11.3 Å². The highest BCUT2D eigenvalue weighted by molar-refractivity contribution is 6.30. The normalized spacial score (nSPS) is 12.6. The first-order chi connectivity index (χ1) is 9.10. The Morgan fingerprint density at radius 1 is 1.37 bits per heavy atom. The molecule has 1 atom stereocenters. The van der Waals surface area contributed by atoms with Crippen LogP contribution in [0.1, 0.15) is 36.8 Å². The molecule has 0 bridgehead atoms. The Morgan fingerprint density at radius 3 is 2.79 bits per heavy atom. The highest BCUT2D eigenvalue weighted by Gasteiger charge is 2.08. The first kappa shape index (κ1) is 14.1. The fourth-order valence-corrected chi connectivity index (χ4v) is 2.26. The maximum Gasteiger partial charge on any atom is 0.0625 e. The lowest BCUT2D eigenvalue weighted by Crippen LogP contribution is -2.19. The number of nitrogens with one attached hydrogen (secondary N) is 1. The topological polar surface area (TPSA) is 29.9 Å². The third-order valence-corrected chi connectivity index (χ3v) is 3.56. The average molecular weight is 278 g/mol. The van der Waals surface area contributed by atoms with E-state index in [-0.39, 0.29) is 6.04 Å². The molecule has 0 aliphatic heterocycles. The third kappa shape index (κ3) is 3.58. The Hall–Kier alpha value is -1.32. The minimum absolute atomic E-state index is 0.263. The highest BCUT2D eigenvalue weighted by Crippen LogP contribution is 2.17. The molecule has 0 aliphatic carbocycles. The summed E-state index contributed by atoms with van der Waals surface area (Å²) in [5, 5.41) is 8.73. The van der Waals surface area contributed by atoms with Crippen LogP contribution < -0.4 is 5.32 Å². The number of benzene rings is 1. The van der Waals surface area contributed by atoms with E-state index in [4.69, 9.17) is 11.6 Å². The predicted molar refractivity (Wildman–Crippen MR) is 79.3 cm³/mol. The van der Waals surface area contributed by atoms with E-state index in [1.807, 2.05) is 29.9 Å². The van der Waals surface area contributed by atoms with Gasteiger partial charge in [0.25, 0.3) is 0 Å². The van der Waals surface area contributed by atoms with E-state index >= 15 is 0 Å². The molecule has 0 aliphatic rings. The molecule has 1 heterocycles. The van der Waals surface area contributed by atoms with Gasteiger partial charge in [-0.25, -0.2) is 0 Å². The molecule has 0 fully saturated rings. The molecular formula is C15H20ClN3. The van der Waals surface area contributed by atoms with Gasteiger partial charge in [0.1, 0.15) is 0 Å². The molecule has 1 aromatic heterocycles. The summed E-state index contributed by atoms with van der Waals surface area (Å²) in [6.45, 7) is 5.06. The van der Waals surface area contributed by atoms with Crippen molar-refractivity contribution in [2.75, 3.05) is 0 Å². The first-order valence-corrected chi connectivity index (χ1v) is 6.98. The van der Waals surface area contributed by atoms with Crippen molar-refractivity contribution in [3.8, 4) is 0 Å². The van der Waals surface area contributed by atoms with Crippen molar-refractivity contribution in [2.45, 2.75) is 32.9 Å². The fraction of sp³-hybridized carbons (Fsp3) is 0.400. The SMILES string of the molecule is CCc1cc(CN[C@@H](C)c2cccc(Cl)c2)n(C)n1. The lowest BCUT2D eigenvalue weighted by atomic mass is 10.1. The fourth-order valence-electron chi connectivity index (χ4n) is 2.06.